The smallest absolute Gasteiger partial charge is 0.168 e. The van der Waals surface area contributed by atoms with Crippen LogP contribution in [-0.2, 0) is 0 Å². The number of hydrazine groups is 1. The van der Waals surface area contributed by atoms with E-state index in [0.717, 1.165) is 31.0 Å². The predicted octanol–water partition coefficient (Wildman–Crippen LogP) is 1.56. The summed E-state index contributed by atoms with van der Waals surface area (Å²) in [7, 11) is 0. The van der Waals surface area contributed by atoms with Crippen molar-refractivity contribution in [3.8, 4) is 11.4 Å². The first kappa shape index (κ1) is 19.1. The molecule has 1 aliphatic rings. The highest BCUT2D eigenvalue weighted by Gasteiger charge is 2.20. The normalized spacial score (nSPS) is 17.5. The van der Waals surface area contributed by atoms with E-state index >= 15 is 0 Å². The fraction of sp³-hybridized carbons (Fsp3) is 0.263. The van der Waals surface area contributed by atoms with Crippen LogP contribution in [0.1, 0.15) is 18.4 Å². The van der Waals surface area contributed by atoms with E-state index < -0.39 is 11.6 Å². The molecule has 3 aromatic rings. The van der Waals surface area contributed by atoms with Gasteiger partial charge >= 0.3 is 0 Å². The molecule has 0 spiro atoms. The van der Waals surface area contributed by atoms with E-state index in [1.165, 1.54) is 12.4 Å². The van der Waals surface area contributed by atoms with Gasteiger partial charge in [0.15, 0.2) is 17.5 Å². The first-order valence-corrected chi connectivity index (χ1v) is 9.30. The Kier molecular flexibility index (Phi) is 5.28. The summed E-state index contributed by atoms with van der Waals surface area (Å²) < 4.78 is 30.6. The van der Waals surface area contributed by atoms with Crippen LogP contribution in [0.5, 0.6) is 0 Å². The van der Waals surface area contributed by atoms with E-state index in [1.54, 1.807) is 22.7 Å². The molecule has 0 aromatic carbocycles. The summed E-state index contributed by atoms with van der Waals surface area (Å²) in [6, 6.07) is 4.39. The van der Waals surface area contributed by atoms with Crippen LogP contribution >= 0.6 is 0 Å². The number of nitrogens with zero attached hydrogens (tertiary/aromatic N) is 3. The Labute approximate surface area is 166 Å². The van der Waals surface area contributed by atoms with Crippen molar-refractivity contribution < 1.29 is 8.78 Å². The van der Waals surface area contributed by atoms with Gasteiger partial charge in [-0.1, -0.05) is 0 Å². The number of nitrogens with one attached hydrogen (secondary N) is 3. The number of imidazole rings is 1. The average Bonchev–Trinajstić information content (AvgIpc) is 3.15. The predicted molar refractivity (Wildman–Crippen MR) is 107 cm³/mol. The molecule has 0 saturated carbocycles. The van der Waals surface area contributed by atoms with Crippen molar-refractivity contribution in [3.63, 3.8) is 0 Å². The van der Waals surface area contributed by atoms with Gasteiger partial charge in [0.1, 0.15) is 11.3 Å². The summed E-state index contributed by atoms with van der Waals surface area (Å²) in [6.45, 7) is 1.64. The van der Waals surface area contributed by atoms with Crippen molar-refractivity contribution in [1.29, 1.82) is 0 Å². The Morgan fingerprint density at radius 2 is 2.17 bits per heavy atom. The number of anilines is 1. The van der Waals surface area contributed by atoms with E-state index in [-0.39, 0.29) is 17.6 Å². The van der Waals surface area contributed by atoms with Gasteiger partial charge in [-0.2, -0.15) is 0 Å². The SMILES string of the molecule is N/C=C(\NN)c1ccn2c(-c3nc(NC4CCCNC4)c(F)cc3F)cnc2c1. The zero-order chi connectivity index (χ0) is 20.4. The first-order valence-electron chi connectivity index (χ1n) is 9.30. The minimum Gasteiger partial charge on any atom is -0.403 e. The fourth-order valence-electron chi connectivity index (χ4n) is 3.47. The lowest BCUT2D eigenvalue weighted by Crippen LogP contribution is -2.38. The minimum absolute atomic E-state index is 0.0180. The Hall–Kier alpha value is -3.24. The van der Waals surface area contributed by atoms with Gasteiger partial charge in [0.2, 0.25) is 0 Å². The van der Waals surface area contributed by atoms with E-state index in [0.29, 0.717) is 23.6 Å². The second kappa shape index (κ2) is 8.02. The van der Waals surface area contributed by atoms with Crippen molar-refractivity contribution in [2.24, 2.45) is 11.6 Å². The van der Waals surface area contributed by atoms with E-state index in [4.69, 9.17) is 11.6 Å². The van der Waals surface area contributed by atoms with Crippen LogP contribution in [-0.4, -0.2) is 33.5 Å². The summed E-state index contributed by atoms with van der Waals surface area (Å²) in [5, 5.41) is 6.33. The Bertz CT molecular complexity index is 1060. The highest BCUT2D eigenvalue weighted by molar-refractivity contribution is 5.69. The summed E-state index contributed by atoms with van der Waals surface area (Å²) in [5.41, 5.74) is 10.3. The van der Waals surface area contributed by atoms with Gasteiger partial charge in [0.25, 0.3) is 0 Å². The topological polar surface area (TPSA) is 118 Å². The third-order valence-electron chi connectivity index (χ3n) is 4.96. The largest absolute Gasteiger partial charge is 0.403 e. The molecule has 7 N–H and O–H groups in total. The molecule has 0 amide bonds. The Morgan fingerprint density at radius 3 is 2.90 bits per heavy atom. The third kappa shape index (κ3) is 3.71. The van der Waals surface area contributed by atoms with Crippen LogP contribution in [0.2, 0.25) is 0 Å². The second-order valence-corrected chi connectivity index (χ2v) is 6.85. The number of fused-ring (bicyclic) bond motifs is 1. The molecule has 1 unspecified atom stereocenters. The molecule has 4 heterocycles. The maximum atomic E-state index is 14.6. The summed E-state index contributed by atoms with van der Waals surface area (Å²) in [4.78, 5) is 8.55. The van der Waals surface area contributed by atoms with Gasteiger partial charge in [0, 0.05) is 36.6 Å². The number of nitrogens with two attached hydrogens (primary N) is 2. The molecule has 0 radical (unpaired) electrons. The van der Waals surface area contributed by atoms with Gasteiger partial charge in [-0.05, 0) is 31.5 Å². The van der Waals surface area contributed by atoms with Crippen molar-refractivity contribution in [1.82, 2.24) is 25.1 Å². The van der Waals surface area contributed by atoms with Crippen molar-refractivity contribution >= 4 is 17.2 Å². The summed E-state index contributed by atoms with van der Waals surface area (Å²) in [6.07, 6.45) is 6.42. The fourth-order valence-corrected chi connectivity index (χ4v) is 3.47. The monoisotopic (exact) mass is 400 g/mol. The van der Waals surface area contributed by atoms with Crippen molar-refractivity contribution in [3.05, 3.63) is 54.0 Å². The Morgan fingerprint density at radius 1 is 1.31 bits per heavy atom. The second-order valence-electron chi connectivity index (χ2n) is 6.85. The highest BCUT2D eigenvalue weighted by Crippen LogP contribution is 2.27. The van der Waals surface area contributed by atoms with Gasteiger partial charge in [-0.15, -0.1) is 0 Å². The van der Waals surface area contributed by atoms with Crippen LogP contribution in [0.25, 0.3) is 22.7 Å². The van der Waals surface area contributed by atoms with Crippen LogP contribution in [0.4, 0.5) is 14.6 Å². The van der Waals surface area contributed by atoms with Gasteiger partial charge in [-0.25, -0.2) is 18.7 Å². The number of halogens is 2. The lowest BCUT2D eigenvalue weighted by atomic mass is 10.1. The van der Waals surface area contributed by atoms with Gasteiger partial charge in [0.05, 0.1) is 17.6 Å². The maximum Gasteiger partial charge on any atom is 0.168 e. The van der Waals surface area contributed by atoms with E-state index in [2.05, 4.69) is 26.0 Å². The molecule has 1 fully saturated rings. The van der Waals surface area contributed by atoms with Crippen molar-refractivity contribution in [2.75, 3.05) is 18.4 Å². The Balaban J connectivity index is 1.72. The first-order chi connectivity index (χ1) is 14.1. The summed E-state index contributed by atoms with van der Waals surface area (Å²) >= 11 is 0. The van der Waals surface area contributed by atoms with Crippen LogP contribution in [0, 0.1) is 11.6 Å². The molecule has 8 nitrogen and oxygen atoms in total. The standard InChI is InChI=1S/C19H22F2N8/c20-13-7-14(21)19(26-12-2-1-4-24-9-12)27-18(13)16-10-25-17-6-11(3-5-29(16)17)15(8-22)28-23/h3,5-8,10,12,24,28H,1-2,4,9,22-23H2,(H,26,27)/b15-8-. The molecule has 3 aromatic heterocycles. The molecule has 0 bridgehead atoms. The number of pyridine rings is 2. The molecule has 29 heavy (non-hydrogen) atoms. The molecule has 10 heteroatoms. The molecule has 1 atom stereocenters. The number of hydrogen-bond donors (Lipinski definition) is 5. The average molecular weight is 400 g/mol. The van der Waals surface area contributed by atoms with Gasteiger partial charge in [-0.3, -0.25) is 10.2 Å². The van der Waals surface area contributed by atoms with Crippen molar-refractivity contribution in [2.45, 2.75) is 18.9 Å². The number of aromatic nitrogens is 3. The zero-order valence-electron chi connectivity index (χ0n) is 15.6. The van der Waals surface area contributed by atoms with Crippen LogP contribution in [0.15, 0.2) is 36.8 Å². The lowest BCUT2D eigenvalue weighted by Gasteiger charge is -2.24. The molecular weight excluding hydrogens is 378 g/mol. The number of rotatable bonds is 5. The molecule has 152 valence electrons. The van der Waals surface area contributed by atoms with Crippen LogP contribution in [0.3, 0.4) is 0 Å². The quantitative estimate of drug-likeness (QED) is 0.326. The zero-order valence-corrected chi connectivity index (χ0v) is 15.6. The third-order valence-corrected chi connectivity index (χ3v) is 4.96. The minimum atomic E-state index is -0.758. The van der Waals surface area contributed by atoms with Crippen LogP contribution < -0.4 is 27.6 Å². The lowest BCUT2D eigenvalue weighted by molar-refractivity contribution is 0.475. The highest BCUT2D eigenvalue weighted by atomic mass is 19.1. The number of piperidine rings is 1. The molecule has 1 saturated heterocycles. The summed E-state index contributed by atoms with van der Waals surface area (Å²) in [5.74, 6) is 4.00. The van der Waals surface area contributed by atoms with E-state index in [9.17, 15) is 8.78 Å². The maximum absolute atomic E-state index is 14.6. The molecule has 0 aliphatic carbocycles. The number of hydrogen-bond acceptors (Lipinski definition) is 7. The molecule has 1 aliphatic heterocycles. The van der Waals surface area contributed by atoms with Gasteiger partial charge < -0.3 is 21.8 Å². The van der Waals surface area contributed by atoms with E-state index in [1.807, 2.05) is 0 Å². The molecular formula is C19H22F2N8. The molecule has 4 rings (SSSR count).